The summed E-state index contributed by atoms with van der Waals surface area (Å²) in [5, 5.41) is 14.4. The maximum atomic E-state index is 12.7. The van der Waals surface area contributed by atoms with Gasteiger partial charge in [-0.2, -0.15) is 5.10 Å². The Balaban J connectivity index is 1.86. The summed E-state index contributed by atoms with van der Waals surface area (Å²) in [4.78, 5) is 12.7. The van der Waals surface area contributed by atoms with E-state index in [1.54, 1.807) is 6.20 Å². The normalized spacial score (nSPS) is 22.2. The summed E-state index contributed by atoms with van der Waals surface area (Å²) >= 11 is 0. The summed E-state index contributed by atoms with van der Waals surface area (Å²) in [5.74, 6) is 0.0685. The van der Waals surface area contributed by atoms with E-state index in [-0.39, 0.29) is 5.91 Å². The molecule has 0 saturated carbocycles. The lowest BCUT2D eigenvalue weighted by molar-refractivity contribution is -0.122. The number of hydrogen-bond donors (Lipinski definition) is 3. The summed E-state index contributed by atoms with van der Waals surface area (Å²) in [7, 11) is 0. The summed E-state index contributed by atoms with van der Waals surface area (Å²) in [6.07, 6.45) is 5.60. The first-order valence-electron chi connectivity index (χ1n) is 7.24. The molecule has 2 heterocycles. The molecule has 0 radical (unpaired) electrons. The summed E-state index contributed by atoms with van der Waals surface area (Å²) in [5.41, 5.74) is 1.27. The standard InChI is InChI=1S/C15H20N4O/c1-2-7-15(8-4-9-16-15)14(20)18-12-6-3-5-11-10-17-19-13(11)12/h3,5-6,10,16H,2,4,7-9H2,1H3,(H,17,19)(H,18,20). The van der Waals surface area contributed by atoms with Gasteiger partial charge in [-0.05, 0) is 31.9 Å². The first-order valence-corrected chi connectivity index (χ1v) is 7.24. The van der Waals surface area contributed by atoms with E-state index in [1.165, 1.54) is 0 Å². The van der Waals surface area contributed by atoms with Crippen molar-refractivity contribution in [3.63, 3.8) is 0 Å². The lowest BCUT2D eigenvalue weighted by Gasteiger charge is -2.27. The van der Waals surface area contributed by atoms with Gasteiger partial charge in [0.05, 0.1) is 22.9 Å². The van der Waals surface area contributed by atoms with Crippen molar-refractivity contribution in [1.82, 2.24) is 15.5 Å². The number of aromatic nitrogens is 2. The average Bonchev–Trinajstić information content (AvgIpc) is 3.08. The molecule has 106 valence electrons. The Kier molecular flexibility index (Phi) is 3.44. The average molecular weight is 272 g/mol. The third-order valence-electron chi connectivity index (χ3n) is 4.08. The molecule has 1 unspecified atom stereocenters. The van der Waals surface area contributed by atoms with E-state index in [1.807, 2.05) is 18.2 Å². The van der Waals surface area contributed by atoms with Crippen molar-refractivity contribution >= 4 is 22.5 Å². The second-order valence-corrected chi connectivity index (χ2v) is 5.46. The molecule has 1 aliphatic heterocycles. The molecule has 20 heavy (non-hydrogen) atoms. The second kappa shape index (κ2) is 5.25. The largest absolute Gasteiger partial charge is 0.323 e. The predicted molar refractivity (Wildman–Crippen MR) is 79.6 cm³/mol. The number of rotatable bonds is 4. The number of para-hydroxylation sites is 1. The van der Waals surface area contributed by atoms with Crippen LogP contribution in [-0.2, 0) is 4.79 Å². The Hall–Kier alpha value is -1.88. The molecule has 3 N–H and O–H groups in total. The first-order chi connectivity index (χ1) is 9.75. The van der Waals surface area contributed by atoms with Crippen molar-refractivity contribution in [2.75, 3.05) is 11.9 Å². The van der Waals surface area contributed by atoms with Crippen LogP contribution >= 0.6 is 0 Å². The van der Waals surface area contributed by atoms with Crippen molar-refractivity contribution in [2.45, 2.75) is 38.1 Å². The predicted octanol–water partition coefficient (Wildman–Crippen LogP) is 2.42. The molecule has 5 nitrogen and oxygen atoms in total. The number of H-pyrrole nitrogens is 1. The van der Waals surface area contributed by atoms with Crippen LogP contribution in [0.3, 0.4) is 0 Å². The molecule has 3 rings (SSSR count). The van der Waals surface area contributed by atoms with E-state index in [0.717, 1.165) is 48.8 Å². The number of carbonyl (C=O) groups excluding carboxylic acids is 1. The minimum absolute atomic E-state index is 0.0685. The molecule has 1 aliphatic rings. The van der Waals surface area contributed by atoms with Crippen molar-refractivity contribution in [3.8, 4) is 0 Å². The highest BCUT2D eigenvalue weighted by Crippen LogP contribution is 2.28. The lowest BCUT2D eigenvalue weighted by Crippen LogP contribution is -2.50. The van der Waals surface area contributed by atoms with Crippen molar-refractivity contribution < 1.29 is 4.79 Å². The number of nitrogens with one attached hydrogen (secondary N) is 3. The highest BCUT2D eigenvalue weighted by atomic mass is 16.2. The number of fused-ring (bicyclic) bond motifs is 1. The van der Waals surface area contributed by atoms with Gasteiger partial charge in [0, 0.05) is 5.39 Å². The van der Waals surface area contributed by atoms with E-state index in [2.05, 4.69) is 27.8 Å². The number of amides is 1. The first kappa shape index (κ1) is 13.1. The summed E-state index contributed by atoms with van der Waals surface area (Å²) in [6, 6.07) is 5.82. The SMILES string of the molecule is CCCC1(C(=O)Nc2cccc3cn[nH]c23)CCCN1. The highest BCUT2D eigenvalue weighted by molar-refractivity contribution is 6.04. The molecular formula is C15H20N4O. The minimum atomic E-state index is -0.406. The molecule has 1 fully saturated rings. The van der Waals surface area contributed by atoms with Gasteiger partial charge in [0.2, 0.25) is 5.91 Å². The zero-order chi connectivity index (χ0) is 14.0. The molecule has 0 aliphatic carbocycles. The van der Waals surface area contributed by atoms with Crippen LogP contribution in [-0.4, -0.2) is 28.2 Å². The zero-order valence-corrected chi connectivity index (χ0v) is 11.7. The highest BCUT2D eigenvalue weighted by Gasteiger charge is 2.40. The van der Waals surface area contributed by atoms with E-state index in [9.17, 15) is 4.79 Å². The summed E-state index contributed by atoms with van der Waals surface area (Å²) in [6.45, 7) is 3.03. The molecule has 1 aromatic heterocycles. The fourth-order valence-electron chi connectivity index (χ4n) is 3.07. The molecule has 1 aromatic carbocycles. The number of hydrogen-bond acceptors (Lipinski definition) is 3. The van der Waals surface area contributed by atoms with Crippen molar-refractivity contribution in [1.29, 1.82) is 0 Å². The van der Waals surface area contributed by atoms with E-state index in [0.29, 0.717) is 0 Å². The smallest absolute Gasteiger partial charge is 0.244 e. The van der Waals surface area contributed by atoms with Crippen LogP contribution in [0.1, 0.15) is 32.6 Å². The third kappa shape index (κ3) is 2.18. The van der Waals surface area contributed by atoms with E-state index in [4.69, 9.17) is 0 Å². The molecule has 1 amide bonds. The van der Waals surface area contributed by atoms with E-state index >= 15 is 0 Å². The van der Waals surface area contributed by atoms with Gasteiger partial charge < -0.3 is 10.6 Å². The Morgan fingerprint density at radius 3 is 3.15 bits per heavy atom. The number of nitrogens with zero attached hydrogens (tertiary/aromatic N) is 1. The van der Waals surface area contributed by atoms with Gasteiger partial charge in [-0.15, -0.1) is 0 Å². The number of anilines is 1. The van der Waals surface area contributed by atoms with Gasteiger partial charge in [0.1, 0.15) is 0 Å². The van der Waals surface area contributed by atoms with Gasteiger partial charge in [-0.25, -0.2) is 0 Å². The van der Waals surface area contributed by atoms with E-state index < -0.39 is 5.54 Å². The van der Waals surface area contributed by atoms with Crippen LogP contribution in [0.4, 0.5) is 5.69 Å². The Labute approximate surface area is 118 Å². The maximum absolute atomic E-state index is 12.7. The molecule has 0 bridgehead atoms. The molecular weight excluding hydrogens is 252 g/mol. The molecule has 0 spiro atoms. The lowest BCUT2D eigenvalue weighted by atomic mass is 9.90. The maximum Gasteiger partial charge on any atom is 0.244 e. The van der Waals surface area contributed by atoms with Gasteiger partial charge in [0.15, 0.2) is 0 Å². The Bertz CT molecular complexity index is 613. The van der Waals surface area contributed by atoms with Crippen LogP contribution in [0, 0.1) is 0 Å². The van der Waals surface area contributed by atoms with Crippen LogP contribution in [0.15, 0.2) is 24.4 Å². The third-order valence-corrected chi connectivity index (χ3v) is 4.08. The fourth-order valence-corrected chi connectivity index (χ4v) is 3.07. The topological polar surface area (TPSA) is 69.8 Å². The van der Waals surface area contributed by atoms with Gasteiger partial charge in [0.25, 0.3) is 0 Å². The Morgan fingerprint density at radius 2 is 2.40 bits per heavy atom. The van der Waals surface area contributed by atoms with Gasteiger partial charge >= 0.3 is 0 Å². The number of benzene rings is 1. The number of carbonyl (C=O) groups is 1. The minimum Gasteiger partial charge on any atom is -0.323 e. The van der Waals surface area contributed by atoms with Gasteiger partial charge in [-0.1, -0.05) is 25.5 Å². The van der Waals surface area contributed by atoms with Crippen LogP contribution < -0.4 is 10.6 Å². The van der Waals surface area contributed by atoms with Crippen LogP contribution in [0.25, 0.3) is 10.9 Å². The quantitative estimate of drug-likeness (QED) is 0.800. The Morgan fingerprint density at radius 1 is 1.50 bits per heavy atom. The van der Waals surface area contributed by atoms with Crippen molar-refractivity contribution in [3.05, 3.63) is 24.4 Å². The van der Waals surface area contributed by atoms with Crippen molar-refractivity contribution in [2.24, 2.45) is 0 Å². The van der Waals surface area contributed by atoms with Crippen LogP contribution in [0.2, 0.25) is 0 Å². The summed E-state index contributed by atoms with van der Waals surface area (Å²) < 4.78 is 0. The zero-order valence-electron chi connectivity index (χ0n) is 11.7. The monoisotopic (exact) mass is 272 g/mol. The fraction of sp³-hybridized carbons (Fsp3) is 0.467. The number of aromatic amines is 1. The molecule has 1 saturated heterocycles. The molecule has 2 aromatic rings. The van der Waals surface area contributed by atoms with Gasteiger partial charge in [-0.3, -0.25) is 9.89 Å². The second-order valence-electron chi connectivity index (χ2n) is 5.46. The van der Waals surface area contributed by atoms with Crippen LogP contribution in [0.5, 0.6) is 0 Å². The molecule has 5 heteroatoms. The molecule has 1 atom stereocenters.